The lowest BCUT2D eigenvalue weighted by atomic mass is 10.0. The van der Waals surface area contributed by atoms with Gasteiger partial charge >= 0.3 is 12.1 Å². The van der Waals surface area contributed by atoms with Gasteiger partial charge in [0.05, 0.1) is 7.11 Å². The summed E-state index contributed by atoms with van der Waals surface area (Å²) in [4.78, 5) is 35.0. The summed E-state index contributed by atoms with van der Waals surface area (Å²) in [5, 5.41) is 5.21. The van der Waals surface area contributed by atoms with E-state index in [1.165, 1.54) is 14.0 Å². The van der Waals surface area contributed by atoms with Crippen molar-refractivity contribution in [3.8, 4) is 0 Å². The van der Waals surface area contributed by atoms with E-state index < -0.39 is 23.7 Å². The van der Waals surface area contributed by atoms with Crippen LogP contribution in [0.1, 0.15) is 48.0 Å². The average Bonchev–Trinajstić information content (AvgIpc) is 2.34. The largest absolute Gasteiger partial charge is 0.467 e. The second-order valence-corrected chi connectivity index (χ2v) is 6.51. The fourth-order valence-electron chi connectivity index (χ4n) is 1.65. The number of nitrogens with one attached hydrogen (secondary N) is 2. The van der Waals surface area contributed by atoms with Gasteiger partial charge in [-0.15, -0.1) is 0 Å². The van der Waals surface area contributed by atoms with E-state index >= 15 is 0 Å². The summed E-state index contributed by atoms with van der Waals surface area (Å²) in [6, 6.07) is -1.12. The zero-order valence-electron chi connectivity index (χ0n) is 14.5. The highest BCUT2D eigenvalue weighted by Crippen LogP contribution is 2.10. The molecule has 0 unspecified atom stereocenters. The SMILES string of the molecule is COC(=O)[C@H](C)NC(=O)C[C@@H](NC(=O)OC(C)(C)C)C(C)C. The smallest absolute Gasteiger partial charge is 0.407 e. The van der Waals surface area contributed by atoms with E-state index in [1.807, 2.05) is 13.8 Å². The Bertz CT molecular complexity index is 401. The maximum Gasteiger partial charge on any atom is 0.407 e. The molecule has 0 radical (unpaired) electrons. The lowest BCUT2D eigenvalue weighted by Crippen LogP contribution is -2.46. The topological polar surface area (TPSA) is 93.7 Å². The van der Waals surface area contributed by atoms with E-state index in [9.17, 15) is 14.4 Å². The van der Waals surface area contributed by atoms with Crippen LogP contribution in [0.5, 0.6) is 0 Å². The van der Waals surface area contributed by atoms with E-state index in [1.54, 1.807) is 20.8 Å². The second-order valence-electron chi connectivity index (χ2n) is 6.51. The molecule has 0 aromatic heterocycles. The Morgan fingerprint density at radius 2 is 1.59 bits per heavy atom. The van der Waals surface area contributed by atoms with Gasteiger partial charge in [0.15, 0.2) is 0 Å². The van der Waals surface area contributed by atoms with E-state index in [-0.39, 0.29) is 24.3 Å². The second kappa shape index (κ2) is 8.60. The van der Waals surface area contributed by atoms with Gasteiger partial charge in [-0.3, -0.25) is 4.79 Å². The molecular formula is C15H28N2O5. The number of rotatable bonds is 6. The first-order valence-electron chi connectivity index (χ1n) is 7.33. The third kappa shape index (κ3) is 8.49. The lowest BCUT2D eigenvalue weighted by Gasteiger charge is -2.25. The van der Waals surface area contributed by atoms with E-state index in [0.717, 1.165) is 0 Å². The van der Waals surface area contributed by atoms with E-state index in [0.29, 0.717) is 0 Å². The molecule has 7 nitrogen and oxygen atoms in total. The van der Waals surface area contributed by atoms with Crippen LogP contribution in [0.4, 0.5) is 4.79 Å². The number of amides is 2. The van der Waals surface area contributed by atoms with Crippen LogP contribution >= 0.6 is 0 Å². The minimum atomic E-state index is -0.730. The minimum Gasteiger partial charge on any atom is -0.467 e. The Kier molecular flexibility index (Phi) is 7.90. The molecule has 0 aliphatic carbocycles. The van der Waals surface area contributed by atoms with Gasteiger partial charge in [-0.1, -0.05) is 13.8 Å². The van der Waals surface area contributed by atoms with Crippen LogP contribution in [0.2, 0.25) is 0 Å². The Labute approximate surface area is 132 Å². The summed E-state index contributed by atoms with van der Waals surface area (Å²) in [6.07, 6.45) is -0.516. The third-order valence-corrected chi connectivity index (χ3v) is 2.84. The number of carbonyl (C=O) groups is 3. The monoisotopic (exact) mass is 316 g/mol. The zero-order chi connectivity index (χ0) is 17.5. The number of methoxy groups -OCH3 is 1. The van der Waals surface area contributed by atoms with Gasteiger partial charge in [0.2, 0.25) is 5.91 Å². The first-order valence-corrected chi connectivity index (χ1v) is 7.33. The minimum absolute atomic E-state index is 0.0340. The molecule has 0 heterocycles. The van der Waals surface area contributed by atoms with Crippen molar-refractivity contribution in [2.45, 2.75) is 65.6 Å². The number of ether oxygens (including phenoxy) is 2. The van der Waals surface area contributed by atoms with Crippen LogP contribution in [0, 0.1) is 5.92 Å². The quantitative estimate of drug-likeness (QED) is 0.726. The van der Waals surface area contributed by atoms with Crippen LogP contribution in [-0.4, -0.2) is 42.8 Å². The van der Waals surface area contributed by atoms with Gasteiger partial charge in [0, 0.05) is 12.5 Å². The van der Waals surface area contributed by atoms with Crippen LogP contribution in [-0.2, 0) is 19.1 Å². The number of esters is 1. The number of hydrogen-bond acceptors (Lipinski definition) is 5. The normalized spacial score (nSPS) is 14.0. The number of carbonyl (C=O) groups excluding carboxylic acids is 3. The third-order valence-electron chi connectivity index (χ3n) is 2.84. The summed E-state index contributed by atoms with van der Waals surface area (Å²) in [6.45, 7) is 10.6. The van der Waals surface area contributed by atoms with E-state index in [4.69, 9.17) is 4.74 Å². The summed E-state index contributed by atoms with van der Waals surface area (Å²) < 4.78 is 9.72. The molecule has 2 amide bonds. The van der Waals surface area contributed by atoms with Crippen molar-refractivity contribution in [2.24, 2.45) is 5.92 Å². The average molecular weight is 316 g/mol. The Morgan fingerprint density at radius 3 is 2.00 bits per heavy atom. The van der Waals surface area contributed by atoms with Crippen LogP contribution in [0.25, 0.3) is 0 Å². The van der Waals surface area contributed by atoms with Crippen molar-refractivity contribution in [1.29, 1.82) is 0 Å². The zero-order valence-corrected chi connectivity index (χ0v) is 14.5. The molecular weight excluding hydrogens is 288 g/mol. The first kappa shape index (κ1) is 20.2. The Morgan fingerprint density at radius 1 is 1.05 bits per heavy atom. The molecule has 0 saturated heterocycles. The van der Waals surface area contributed by atoms with Crippen molar-refractivity contribution in [3.63, 3.8) is 0 Å². The first-order chi connectivity index (χ1) is 9.96. The van der Waals surface area contributed by atoms with Crippen molar-refractivity contribution >= 4 is 18.0 Å². The summed E-state index contributed by atoms with van der Waals surface area (Å²) >= 11 is 0. The van der Waals surface area contributed by atoms with Gasteiger partial charge in [-0.05, 0) is 33.6 Å². The molecule has 0 aliphatic rings. The molecule has 0 aromatic carbocycles. The highest BCUT2D eigenvalue weighted by atomic mass is 16.6. The fraction of sp³-hybridized carbons (Fsp3) is 0.800. The predicted molar refractivity (Wildman–Crippen MR) is 82.2 cm³/mol. The summed E-state index contributed by atoms with van der Waals surface area (Å²) in [7, 11) is 1.26. The predicted octanol–water partition coefficient (Wildman–Crippen LogP) is 1.60. The van der Waals surface area contributed by atoms with Crippen LogP contribution < -0.4 is 10.6 Å². The van der Waals surface area contributed by atoms with Crippen LogP contribution in [0.3, 0.4) is 0 Å². The molecule has 0 fully saturated rings. The van der Waals surface area contributed by atoms with Crippen molar-refractivity contribution < 1.29 is 23.9 Å². The Balaban J connectivity index is 4.56. The van der Waals surface area contributed by atoms with Gasteiger partial charge in [0.25, 0.3) is 0 Å². The molecule has 0 bridgehead atoms. The highest BCUT2D eigenvalue weighted by Gasteiger charge is 2.25. The number of alkyl carbamates (subject to hydrolysis) is 1. The molecule has 7 heteroatoms. The Hall–Kier alpha value is -1.79. The van der Waals surface area contributed by atoms with E-state index in [2.05, 4.69) is 15.4 Å². The fourth-order valence-corrected chi connectivity index (χ4v) is 1.65. The highest BCUT2D eigenvalue weighted by molar-refractivity contribution is 5.84. The van der Waals surface area contributed by atoms with Crippen molar-refractivity contribution in [1.82, 2.24) is 10.6 Å². The maximum absolute atomic E-state index is 11.9. The van der Waals surface area contributed by atoms with Gasteiger partial charge in [0.1, 0.15) is 11.6 Å². The van der Waals surface area contributed by atoms with Gasteiger partial charge < -0.3 is 20.1 Å². The van der Waals surface area contributed by atoms with Crippen LogP contribution in [0.15, 0.2) is 0 Å². The molecule has 2 N–H and O–H groups in total. The molecule has 0 aliphatic heterocycles. The lowest BCUT2D eigenvalue weighted by molar-refractivity contribution is -0.144. The standard InChI is InChI=1S/C15H28N2O5/c1-9(2)11(17-14(20)22-15(4,5)6)8-12(18)16-10(3)13(19)21-7/h9-11H,8H2,1-7H3,(H,16,18)(H,17,20)/t10-,11+/m0/s1. The number of hydrogen-bond donors (Lipinski definition) is 2. The molecule has 22 heavy (non-hydrogen) atoms. The molecule has 0 aromatic rings. The molecule has 128 valence electrons. The molecule has 2 atom stereocenters. The van der Waals surface area contributed by atoms with Gasteiger partial charge in [-0.25, -0.2) is 9.59 Å². The summed E-state index contributed by atoms with van der Waals surface area (Å²) in [5.74, 6) is -0.825. The molecule has 0 rings (SSSR count). The summed E-state index contributed by atoms with van der Waals surface area (Å²) in [5.41, 5.74) is -0.604. The molecule has 0 spiro atoms. The van der Waals surface area contributed by atoms with Crippen molar-refractivity contribution in [2.75, 3.05) is 7.11 Å². The van der Waals surface area contributed by atoms with Gasteiger partial charge in [-0.2, -0.15) is 0 Å². The molecule has 0 saturated carbocycles. The maximum atomic E-state index is 11.9. The van der Waals surface area contributed by atoms with Crippen molar-refractivity contribution in [3.05, 3.63) is 0 Å².